The first-order chi connectivity index (χ1) is 8.81. The molecule has 0 aliphatic heterocycles. The Morgan fingerprint density at radius 2 is 2.11 bits per heavy atom. The molecule has 0 amide bonds. The molecule has 0 atom stereocenters. The number of fused-ring (bicyclic) bond motifs is 1. The SMILES string of the molecule is OCCCNC(=S)Nc1cccc2cnncc12. The van der Waals surface area contributed by atoms with Crippen molar-refractivity contribution in [2.75, 3.05) is 18.5 Å². The quantitative estimate of drug-likeness (QED) is 0.570. The number of benzene rings is 1. The second kappa shape index (κ2) is 6.23. The maximum absolute atomic E-state index is 8.69. The first-order valence-corrected chi connectivity index (χ1v) is 6.07. The minimum atomic E-state index is 0.152. The summed E-state index contributed by atoms with van der Waals surface area (Å²) in [6.45, 7) is 0.798. The van der Waals surface area contributed by atoms with Gasteiger partial charge in [-0.2, -0.15) is 10.2 Å². The van der Waals surface area contributed by atoms with Gasteiger partial charge in [0.2, 0.25) is 0 Å². The van der Waals surface area contributed by atoms with E-state index < -0.39 is 0 Å². The molecule has 0 radical (unpaired) electrons. The van der Waals surface area contributed by atoms with Gasteiger partial charge in [-0.1, -0.05) is 12.1 Å². The van der Waals surface area contributed by atoms with Crippen molar-refractivity contribution in [1.29, 1.82) is 0 Å². The average molecular weight is 262 g/mol. The molecule has 0 saturated heterocycles. The fourth-order valence-corrected chi connectivity index (χ4v) is 1.79. The van der Waals surface area contributed by atoms with Crippen molar-refractivity contribution < 1.29 is 5.11 Å². The maximum atomic E-state index is 8.69. The van der Waals surface area contributed by atoms with Crippen LogP contribution in [0.4, 0.5) is 5.69 Å². The molecule has 18 heavy (non-hydrogen) atoms. The van der Waals surface area contributed by atoms with Crippen LogP contribution in [0.1, 0.15) is 6.42 Å². The van der Waals surface area contributed by atoms with Crippen molar-refractivity contribution in [3.63, 3.8) is 0 Å². The van der Waals surface area contributed by atoms with Crippen molar-refractivity contribution in [2.45, 2.75) is 6.42 Å². The molecule has 2 aromatic rings. The summed E-state index contributed by atoms with van der Waals surface area (Å²) in [6, 6.07) is 5.84. The second-order valence-electron chi connectivity index (χ2n) is 3.76. The van der Waals surface area contributed by atoms with E-state index in [9.17, 15) is 0 Å². The van der Waals surface area contributed by atoms with E-state index in [1.165, 1.54) is 0 Å². The third kappa shape index (κ3) is 3.12. The summed E-state index contributed by atoms with van der Waals surface area (Å²) in [4.78, 5) is 0. The standard InChI is InChI=1S/C12H14N4OS/c17-6-2-5-13-12(18)16-11-4-1-3-9-7-14-15-8-10(9)11/h1,3-4,7-8,17H,2,5-6H2,(H2,13,16,18). The third-order valence-corrected chi connectivity index (χ3v) is 2.71. The van der Waals surface area contributed by atoms with Gasteiger partial charge in [-0.05, 0) is 24.7 Å². The van der Waals surface area contributed by atoms with Crippen LogP contribution in [0.5, 0.6) is 0 Å². The molecule has 0 bridgehead atoms. The smallest absolute Gasteiger partial charge is 0.170 e. The monoisotopic (exact) mass is 262 g/mol. The van der Waals surface area contributed by atoms with Crippen LogP contribution in [0.3, 0.4) is 0 Å². The largest absolute Gasteiger partial charge is 0.396 e. The Morgan fingerprint density at radius 1 is 1.28 bits per heavy atom. The number of hydrogen-bond acceptors (Lipinski definition) is 4. The molecule has 0 fully saturated rings. The molecule has 1 aromatic heterocycles. The highest BCUT2D eigenvalue weighted by atomic mass is 32.1. The van der Waals surface area contributed by atoms with E-state index >= 15 is 0 Å². The first-order valence-electron chi connectivity index (χ1n) is 5.66. The van der Waals surface area contributed by atoms with E-state index in [2.05, 4.69) is 20.8 Å². The third-order valence-electron chi connectivity index (χ3n) is 2.46. The van der Waals surface area contributed by atoms with Gasteiger partial charge in [-0.25, -0.2) is 0 Å². The van der Waals surface area contributed by atoms with Crippen LogP contribution >= 0.6 is 12.2 Å². The lowest BCUT2D eigenvalue weighted by Gasteiger charge is -2.11. The number of rotatable bonds is 4. The van der Waals surface area contributed by atoms with Crippen LogP contribution in [-0.2, 0) is 0 Å². The molecule has 1 aromatic carbocycles. The van der Waals surface area contributed by atoms with Gasteiger partial charge in [0.15, 0.2) is 5.11 Å². The summed E-state index contributed by atoms with van der Waals surface area (Å²) in [7, 11) is 0. The Kier molecular flexibility index (Phi) is 4.38. The van der Waals surface area contributed by atoms with Gasteiger partial charge in [0.05, 0.1) is 12.4 Å². The summed E-state index contributed by atoms with van der Waals surface area (Å²) in [5.74, 6) is 0. The van der Waals surface area contributed by atoms with Gasteiger partial charge in [-0.15, -0.1) is 0 Å². The van der Waals surface area contributed by atoms with Crippen molar-refractivity contribution in [2.24, 2.45) is 0 Å². The molecule has 0 spiro atoms. The van der Waals surface area contributed by atoms with Crippen LogP contribution in [0.2, 0.25) is 0 Å². The molecule has 0 aliphatic carbocycles. The normalized spacial score (nSPS) is 10.3. The summed E-state index contributed by atoms with van der Waals surface area (Å²) in [6.07, 6.45) is 4.08. The minimum absolute atomic E-state index is 0.152. The number of aliphatic hydroxyl groups excluding tert-OH is 1. The molecule has 1 heterocycles. The number of nitrogens with one attached hydrogen (secondary N) is 2. The van der Waals surface area contributed by atoms with Gasteiger partial charge in [0.25, 0.3) is 0 Å². The summed E-state index contributed by atoms with van der Waals surface area (Å²) in [5.41, 5.74) is 0.892. The average Bonchev–Trinajstić information content (AvgIpc) is 2.39. The number of aliphatic hydroxyl groups is 1. The lowest BCUT2D eigenvalue weighted by atomic mass is 10.2. The number of aromatic nitrogens is 2. The molecule has 5 nitrogen and oxygen atoms in total. The summed E-state index contributed by atoms with van der Waals surface area (Å²) >= 11 is 5.17. The zero-order chi connectivity index (χ0) is 12.8. The number of nitrogens with zero attached hydrogens (tertiary/aromatic N) is 2. The Balaban J connectivity index is 2.09. The molecule has 3 N–H and O–H groups in total. The molecule has 0 saturated carbocycles. The molecule has 94 valence electrons. The van der Waals surface area contributed by atoms with Gasteiger partial charge in [0, 0.05) is 29.6 Å². The Labute approximate surface area is 110 Å². The molecule has 6 heteroatoms. The lowest BCUT2D eigenvalue weighted by Crippen LogP contribution is -2.29. The summed E-state index contributed by atoms with van der Waals surface area (Å²) < 4.78 is 0. The zero-order valence-corrected chi connectivity index (χ0v) is 10.6. The van der Waals surface area contributed by atoms with Crippen molar-refractivity contribution >= 4 is 33.8 Å². The minimum Gasteiger partial charge on any atom is -0.396 e. The highest BCUT2D eigenvalue weighted by molar-refractivity contribution is 7.80. The van der Waals surface area contributed by atoms with Gasteiger partial charge in [-0.3, -0.25) is 0 Å². The van der Waals surface area contributed by atoms with E-state index in [4.69, 9.17) is 17.3 Å². The van der Waals surface area contributed by atoms with Gasteiger partial charge < -0.3 is 15.7 Å². The highest BCUT2D eigenvalue weighted by Gasteiger charge is 2.02. The molecular weight excluding hydrogens is 248 g/mol. The fourth-order valence-electron chi connectivity index (χ4n) is 1.58. The van der Waals surface area contributed by atoms with Crippen LogP contribution in [0.25, 0.3) is 10.8 Å². The molecule has 2 rings (SSSR count). The predicted octanol–water partition coefficient (Wildman–Crippen LogP) is 1.30. The molecule has 0 unspecified atom stereocenters. The lowest BCUT2D eigenvalue weighted by molar-refractivity contribution is 0.289. The first kappa shape index (κ1) is 12.7. The van der Waals surface area contributed by atoms with Crippen molar-refractivity contribution in [1.82, 2.24) is 15.5 Å². The topological polar surface area (TPSA) is 70.1 Å². The maximum Gasteiger partial charge on any atom is 0.170 e. The number of hydrogen-bond donors (Lipinski definition) is 3. The Morgan fingerprint density at radius 3 is 2.94 bits per heavy atom. The van der Waals surface area contributed by atoms with E-state index in [1.54, 1.807) is 12.4 Å². The van der Waals surface area contributed by atoms with Crippen LogP contribution in [0.15, 0.2) is 30.6 Å². The number of thiocarbonyl (C=S) groups is 1. The number of anilines is 1. The van der Waals surface area contributed by atoms with Crippen LogP contribution in [-0.4, -0.2) is 33.6 Å². The van der Waals surface area contributed by atoms with Crippen LogP contribution < -0.4 is 10.6 Å². The van der Waals surface area contributed by atoms with Crippen LogP contribution in [0, 0.1) is 0 Å². The van der Waals surface area contributed by atoms with Crippen molar-refractivity contribution in [3.8, 4) is 0 Å². The van der Waals surface area contributed by atoms with Gasteiger partial charge >= 0.3 is 0 Å². The Bertz CT molecular complexity index is 541. The molecule has 0 aliphatic rings. The highest BCUT2D eigenvalue weighted by Crippen LogP contribution is 2.21. The van der Waals surface area contributed by atoms with E-state index in [0.29, 0.717) is 18.1 Å². The zero-order valence-electron chi connectivity index (χ0n) is 9.76. The van der Waals surface area contributed by atoms with E-state index in [0.717, 1.165) is 16.5 Å². The van der Waals surface area contributed by atoms with Gasteiger partial charge in [0.1, 0.15) is 0 Å². The Hall–Kier alpha value is -1.79. The van der Waals surface area contributed by atoms with E-state index in [-0.39, 0.29) is 6.61 Å². The summed E-state index contributed by atoms with van der Waals surface area (Å²) in [5, 5.41) is 25.1. The van der Waals surface area contributed by atoms with E-state index in [1.807, 2.05) is 18.2 Å². The fraction of sp³-hybridized carbons (Fsp3) is 0.250. The van der Waals surface area contributed by atoms with Crippen molar-refractivity contribution in [3.05, 3.63) is 30.6 Å². The molecular formula is C12H14N4OS. The predicted molar refractivity (Wildman–Crippen MR) is 75.5 cm³/mol. The second-order valence-corrected chi connectivity index (χ2v) is 4.16.